The van der Waals surface area contributed by atoms with Crippen LogP contribution >= 0.6 is 34.7 Å². The SMILES string of the molecule is Cc1ccc(-c2csc3ncnc(SCc4ccc(Cl)cc4)c23)cc1C. The first kappa shape index (κ1) is 17.5. The molecule has 130 valence electrons. The second-order valence-electron chi connectivity index (χ2n) is 6.22. The summed E-state index contributed by atoms with van der Waals surface area (Å²) in [5.74, 6) is 0.853. The molecular formula is C21H17ClN2S2. The molecule has 0 bridgehead atoms. The summed E-state index contributed by atoms with van der Waals surface area (Å²) in [4.78, 5) is 10.1. The minimum atomic E-state index is 0.762. The van der Waals surface area contributed by atoms with Crippen molar-refractivity contribution in [2.24, 2.45) is 0 Å². The van der Waals surface area contributed by atoms with Crippen LogP contribution < -0.4 is 0 Å². The van der Waals surface area contributed by atoms with Gasteiger partial charge in [-0.25, -0.2) is 9.97 Å². The smallest absolute Gasteiger partial charge is 0.128 e. The Morgan fingerprint density at radius 3 is 2.58 bits per heavy atom. The van der Waals surface area contributed by atoms with Gasteiger partial charge in [-0.3, -0.25) is 0 Å². The van der Waals surface area contributed by atoms with Crippen LogP contribution in [-0.2, 0) is 5.75 Å². The lowest BCUT2D eigenvalue weighted by atomic mass is 10.0. The van der Waals surface area contributed by atoms with E-state index in [-0.39, 0.29) is 0 Å². The first-order chi connectivity index (χ1) is 12.6. The monoisotopic (exact) mass is 396 g/mol. The largest absolute Gasteiger partial charge is 0.229 e. The number of thiophene rings is 1. The zero-order valence-corrected chi connectivity index (χ0v) is 16.9. The highest BCUT2D eigenvalue weighted by atomic mass is 35.5. The van der Waals surface area contributed by atoms with Crippen molar-refractivity contribution in [3.05, 3.63) is 75.9 Å². The van der Waals surface area contributed by atoms with Gasteiger partial charge in [0.2, 0.25) is 0 Å². The highest BCUT2D eigenvalue weighted by Crippen LogP contribution is 2.39. The average molecular weight is 397 g/mol. The Hall–Kier alpha value is -1.88. The molecule has 2 heterocycles. The lowest BCUT2D eigenvalue weighted by Gasteiger charge is -2.07. The first-order valence-corrected chi connectivity index (χ1v) is 10.5. The van der Waals surface area contributed by atoms with Gasteiger partial charge in [-0.1, -0.05) is 41.9 Å². The number of hydrogen-bond acceptors (Lipinski definition) is 4. The van der Waals surface area contributed by atoms with Gasteiger partial charge in [-0.2, -0.15) is 0 Å². The molecule has 26 heavy (non-hydrogen) atoms. The molecule has 2 aromatic heterocycles. The Balaban J connectivity index is 1.72. The molecule has 2 aromatic carbocycles. The predicted molar refractivity (Wildman–Crippen MR) is 113 cm³/mol. The molecule has 0 amide bonds. The summed E-state index contributed by atoms with van der Waals surface area (Å²) in [5.41, 5.74) is 6.28. The van der Waals surface area contributed by atoms with Gasteiger partial charge in [0.25, 0.3) is 0 Å². The van der Waals surface area contributed by atoms with Crippen LogP contribution in [0.1, 0.15) is 16.7 Å². The fourth-order valence-corrected chi connectivity index (χ4v) is 4.89. The molecule has 5 heteroatoms. The van der Waals surface area contributed by atoms with Crippen molar-refractivity contribution in [2.45, 2.75) is 24.6 Å². The molecular weight excluding hydrogens is 380 g/mol. The van der Waals surface area contributed by atoms with E-state index in [0.29, 0.717) is 0 Å². The fraction of sp³-hybridized carbons (Fsp3) is 0.143. The Bertz CT molecular complexity index is 1070. The van der Waals surface area contributed by atoms with Crippen molar-refractivity contribution in [1.29, 1.82) is 0 Å². The van der Waals surface area contributed by atoms with Crippen LogP contribution in [0.15, 0.2) is 59.2 Å². The standard InChI is InChI=1S/C21H17ClN2S2/c1-13-3-6-16(9-14(13)2)18-11-26-21-19(18)20(23-12-24-21)25-10-15-4-7-17(22)8-5-15/h3-9,11-12H,10H2,1-2H3. The first-order valence-electron chi connectivity index (χ1n) is 8.29. The second kappa shape index (κ2) is 7.39. The molecule has 0 aliphatic carbocycles. The minimum absolute atomic E-state index is 0.762. The molecule has 0 spiro atoms. The maximum absolute atomic E-state index is 5.98. The summed E-state index contributed by atoms with van der Waals surface area (Å²) in [7, 11) is 0. The molecule has 0 atom stereocenters. The number of halogens is 1. The molecule has 0 aliphatic heterocycles. The van der Waals surface area contributed by atoms with Crippen LogP contribution in [0.4, 0.5) is 0 Å². The zero-order valence-electron chi connectivity index (χ0n) is 14.5. The van der Waals surface area contributed by atoms with Gasteiger partial charge in [0, 0.05) is 21.7 Å². The zero-order chi connectivity index (χ0) is 18.1. The van der Waals surface area contributed by atoms with Gasteiger partial charge in [0.1, 0.15) is 16.2 Å². The van der Waals surface area contributed by atoms with Gasteiger partial charge in [0.05, 0.1) is 5.39 Å². The van der Waals surface area contributed by atoms with E-state index >= 15 is 0 Å². The number of rotatable bonds is 4. The van der Waals surface area contributed by atoms with Crippen molar-refractivity contribution in [3.63, 3.8) is 0 Å². The van der Waals surface area contributed by atoms with Crippen molar-refractivity contribution in [2.75, 3.05) is 0 Å². The summed E-state index contributed by atoms with van der Waals surface area (Å²) >= 11 is 9.40. The lowest BCUT2D eigenvalue weighted by molar-refractivity contribution is 1.11. The van der Waals surface area contributed by atoms with Crippen molar-refractivity contribution in [3.8, 4) is 11.1 Å². The number of aromatic nitrogens is 2. The van der Waals surface area contributed by atoms with E-state index in [0.717, 1.165) is 26.0 Å². The van der Waals surface area contributed by atoms with Gasteiger partial charge < -0.3 is 0 Å². The topological polar surface area (TPSA) is 25.8 Å². The molecule has 0 unspecified atom stereocenters. The average Bonchev–Trinajstić information content (AvgIpc) is 3.08. The van der Waals surface area contributed by atoms with Gasteiger partial charge in [-0.05, 0) is 48.2 Å². The summed E-state index contributed by atoms with van der Waals surface area (Å²) in [6.45, 7) is 4.29. The summed E-state index contributed by atoms with van der Waals surface area (Å²) in [6, 6.07) is 14.6. The van der Waals surface area contributed by atoms with Gasteiger partial charge in [0.15, 0.2) is 0 Å². The van der Waals surface area contributed by atoms with Gasteiger partial charge in [-0.15, -0.1) is 23.1 Å². The molecule has 0 saturated carbocycles. The second-order valence-corrected chi connectivity index (χ2v) is 8.48. The van der Waals surface area contributed by atoms with E-state index in [4.69, 9.17) is 11.6 Å². The normalized spacial score (nSPS) is 11.2. The Kier molecular flexibility index (Phi) is 4.98. The fourth-order valence-electron chi connectivity index (χ4n) is 2.81. The summed E-state index contributed by atoms with van der Waals surface area (Å²) in [6.07, 6.45) is 1.66. The van der Waals surface area contributed by atoms with Crippen LogP contribution in [0.3, 0.4) is 0 Å². The van der Waals surface area contributed by atoms with Crippen LogP contribution in [0.25, 0.3) is 21.3 Å². The number of fused-ring (bicyclic) bond motifs is 1. The van der Waals surface area contributed by atoms with Crippen molar-refractivity contribution < 1.29 is 0 Å². The number of thioether (sulfide) groups is 1. The highest BCUT2D eigenvalue weighted by molar-refractivity contribution is 7.98. The highest BCUT2D eigenvalue weighted by Gasteiger charge is 2.14. The van der Waals surface area contributed by atoms with E-state index in [9.17, 15) is 0 Å². The third-order valence-electron chi connectivity index (χ3n) is 4.44. The summed E-state index contributed by atoms with van der Waals surface area (Å²) in [5, 5.41) is 5.13. The van der Waals surface area contributed by atoms with Gasteiger partial charge >= 0.3 is 0 Å². The molecule has 4 aromatic rings. The molecule has 2 nitrogen and oxygen atoms in total. The van der Waals surface area contributed by atoms with Crippen LogP contribution in [0.5, 0.6) is 0 Å². The molecule has 0 aliphatic rings. The third kappa shape index (κ3) is 3.50. The summed E-state index contributed by atoms with van der Waals surface area (Å²) < 4.78 is 0. The van der Waals surface area contributed by atoms with Crippen LogP contribution in [0, 0.1) is 13.8 Å². The number of aryl methyl sites for hydroxylation is 2. The number of nitrogens with zero attached hydrogens (tertiary/aromatic N) is 2. The van der Waals surface area contributed by atoms with E-state index in [2.05, 4.69) is 59.5 Å². The number of hydrogen-bond donors (Lipinski definition) is 0. The van der Waals surface area contributed by atoms with Crippen molar-refractivity contribution in [1.82, 2.24) is 9.97 Å². The van der Waals surface area contributed by atoms with E-state index in [1.807, 2.05) is 12.1 Å². The van der Waals surface area contributed by atoms with E-state index in [1.54, 1.807) is 29.4 Å². The van der Waals surface area contributed by atoms with E-state index in [1.165, 1.54) is 27.8 Å². The quantitative estimate of drug-likeness (QED) is 0.276. The van der Waals surface area contributed by atoms with Crippen molar-refractivity contribution >= 4 is 44.9 Å². The predicted octanol–water partition coefficient (Wildman–Crippen LogP) is 6.92. The molecule has 0 saturated heterocycles. The minimum Gasteiger partial charge on any atom is -0.229 e. The molecule has 4 rings (SSSR count). The maximum atomic E-state index is 5.98. The Labute approximate surface area is 166 Å². The van der Waals surface area contributed by atoms with Crippen LogP contribution in [0.2, 0.25) is 5.02 Å². The van der Waals surface area contributed by atoms with Crippen LogP contribution in [-0.4, -0.2) is 9.97 Å². The van der Waals surface area contributed by atoms with E-state index < -0.39 is 0 Å². The Morgan fingerprint density at radius 2 is 1.81 bits per heavy atom. The Morgan fingerprint density at radius 1 is 1.00 bits per heavy atom. The number of benzene rings is 2. The molecule has 0 fully saturated rings. The molecule has 0 N–H and O–H groups in total. The maximum Gasteiger partial charge on any atom is 0.128 e. The third-order valence-corrected chi connectivity index (χ3v) is 6.64. The molecule has 0 radical (unpaired) electrons. The lowest BCUT2D eigenvalue weighted by Crippen LogP contribution is -1.88.